The van der Waals surface area contributed by atoms with Crippen molar-refractivity contribution >= 4 is 12.4 Å². The van der Waals surface area contributed by atoms with Gasteiger partial charge in [-0.3, -0.25) is 4.79 Å². The Hall–Kier alpha value is -2.75. The van der Waals surface area contributed by atoms with E-state index in [2.05, 4.69) is 27.2 Å². The van der Waals surface area contributed by atoms with E-state index in [-0.39, 0.29) is 12.0 Å². The standard InChI is InChI=1S/C18H20F4N4.CH2O2/c1-11-15(14-4-3-13(7-16(14)19)18(20,21)22)9-24-17(25-11)23-8-12-5-6-26(2)10-12;2-1-3/h3-4,7,9,12H,5-6,8,10H2,1-2H3,(H,23,24,25);1H,(H,2,3). The Morgan fingerprint density at radius 2 is 2.03 bits per heavy atom. The second-order valence-corrected chi connectivity index (χ2v) is 6.79. The minimum atomic E-state index is -4.58. The number of nitrogens with zero attached hydrogens (tertiary/aromatic N) is 3. The quantitative estimate of drug-likeness (QED) is 0.587. The molecule has 1 aromatic heterocycles. The van der Waals surface area contributed by atoms with Crippen LogP contribution in [-0.2, 0) is 11.0 Å². The zero-order valence-electron chi connectivity index (χ0n) is 16.0. The molecule has 1 aliphatic heterocycles. The van der Waals surface area contributed by atoms with Crippen molar-refractivity contribution in [2.24, 2.45) is 5.92 Å². The monoisotopic (exact) mass is 414 g/mol. The van der Waals surface area contributed by atoms with E-state index in [9.17, 15) is 17.6 Å². The minimum Gasteiger partial charge on any atom is -0.483 e. The number of aromatic nitrogens is 2. The second kappa shape index (κ2) is 9.64. The average Bonchev–Trinajstić information content (AvgIpc) is 3.06. The number of rotatable bonds is 4. The fourth-order valence-electron chi connectivity index (χ4n) is 3.16. The Morgan fingerprint density at radius 3 is 2.55 bits per heavy atom. The number of benzene rings is 1. The van der Waals surface area contributed by atoms with Gasteiger partial charge in [0.2, 0.25) is 5.95 Å². The van der Waals surface area contributed by atoms with E-state index in [1.165, 1.54) is 6.20 Å². The number of aryl methyl sites for hydroxylation is 1. The number of hydrogen-bond donors (Lipinski definition) is 2. The summed E-state index contributed by atoms with van der Waals surface area (Å²) in [5.74, 6) is 0.0188. The lowest BCUT2D eigenvalue weighted by molar-refractivity contribution is -0.137. The Bertz CT molecular complexity index is 845. The number of anilines is 1. The third-order valence-electron chi connectivity index (χ3n) is 4.60. The fraction of sp³-hybridized carbons (Fsp3) is 0.421. The summed E-state index contributed by atoms with van der Waals surface area (Å²) in [5, 5.41) is 10.1. The van der Waals surface area contributed by atoms with Gasteiger partial charge in [-0.1, -0.05) is 6.07 Å². The van der Waals surface area contributed by atoms with Crippen LogP contribution in [0.5, 0.6) is 0 Å². The third kappa shape index (κ3) is 6.11. The second-order valence-electron chi connectivity index (χ2n) is 6.79. The zero-order chi connectivity index (χ0) is 21.6. The molecule has 1 atom stereocenters. The van der Waals surface area contributed by atoms with Gasteiger partial charge in [0.05, 0.1) is 11.3 Å². The van der Waals surface area contributed by atoms with Crippen molar-refractivity contribution in [2.75, 3.05) is 32.0 Å². The van der Waals surface area contributed by atoms with Gasteiger partial charge in [0.25, 0.3) is 6.47 Å². The molecular formula is C19H22F4N4O2. The highest BCUT2D eigenvalue weighted by Gasteiger charge is 2.31. The Kier molecular flexibility index (Phi) is 7.49. The van der Waals surface area contributed by atoms with Crippen molar-refractivity contribution in [1.29, 1.82) is 0 Å². The van der Waals surface area contributed by atoms with Crippen LogP contribution in [0, 0.1) is 18.7 Å². The van der Waals surface area contributed by atoms with Crippen molar-refractivity contribution in [2.45, 2.75) is 19.5 Å². The van der Waals surface area contributed by atoms with Crippen LogP contribution in [-0.4, -0.2) is 53.1 Å². The molecule has 0 bridgehead atoms. The van der Waals surface area contributed by atoms with Crippen LogP contribution in [0.2, 0.25) is 0 Å². The first-order chi connectivity index (χ1) is 13.7. The van der Waals surface area contributed by atoms with E-state index in [0.717, 1.165) is 38.2 Å². The molecule has 0 saturated carbocycles. The van der Waals surface area contributed by atoms with Crippen molar-refractivity contribution in [3.63, 3.8) is 0 Å². The number of alkyl halides is 3. The van der Waals surface area contributed by atoms with Gasteiger partial charge in [-0.25, -0.2) is 14.4 Å². The first-order valence-corrected chi connectivity index (χ1v) is 8.86. The molecule has 2 N–H and O–H groups in total. The molecule has 3 rings (SSSR count). The highest BCUT2D eigenvalue weighted by molar-refractivity contribution is 5.66. The van der Waals surface area contributed by atoms with E-state index in [1.54, 1.807) is 6.92 Å². The Morgan fingerprint density at radius 1 is 1.34 bits per heavy atom. The van der Waals surface area contributed by atoms with Crippen LogP contribution in [0.15, 0.2) is 24.4 Å². The smallest absolute Gasteiger partial charge is 0.416 e. The molecule has 29 heavy (non-hydrogen) atoms. The molecule has 158 valence electrons. The largest absolute Gasteiger partial charge is 0.483 e. The molecule has 0 amide bonds. The fourth-order valence-corrected chi connectivity index (χ4v) is 3.16. The van der Waals surface area contributed by atoms with Crippen LogP contribution in [0.3, 0.4) is 0 Å². The number of hydrogen-bond acceptors (Lipinski definition) is 5. The summed E-state index contributed by atoms with van der Waals surface area (Å²) in [6.45, 7) is 4.26. The minimum absolute atomic E-state index is 0.0551. The summed E-state index contributed by atoms with van der Waals surface area (Å²) in [6.07, 6.45) is -2.03. The normalized spacial score (nSPS) is 16.8. The lowest BCUT2D eigenvalue weighted by Crippen LogP contribution is -2.20. The molecule has 1 aliphatic rings. The number of carbonyl (C=O) groups is 1. The zero-order valence-corrected chi connectivity index (χ0v) is 16.0. The maximum absolute atomic E-state index is 14.2. The molecule has 0 radical (unpaired) electrons. The third-order valence-corrected chi connectivity index (χ3v) is 4.60. The summed E-state index contributed by atoms with van der Waals surface area (Å²) in [4.78, 5) is 19.1. The maximum Gasteiger partial charge on any atom is 0.416 e. The van der Waals surface area contributed by atoms with Crippen molar-refractivity contribution in [3.8, 4) is 11.1 Å². The molecule has 10 heteroatoms. The lowest BCUT2D eigenvalue weighted by Gasteiger charge is -2.13. The Labute approximate surface area is 165 Å². The predicted octanol–water partition coefficient (Wildman–Crippen LogP) is 3.67. The van der Waals surface area contributed by atoms with Gasteiger partial charge in [0.1, 0.15) is 5.82 Å². The highest BCUT2D eigenvalue weighted by atomic mass is 19.4. The van der Waals surface area contributed by atoms with E-state index >= 15 is 0 Å². The number of nitrogens with one attached hydrogen (secondary N) is 1. The van der Waals surface area contributed by atoms with E-state index in [0.29, 0.717) is 29.2 Å². The van der Waals surface area contributed by atoms with Crippen LogP contribution < -0.4 is 5.32 Å². The molecule has 0 aliphatic carbocycles. The summed E-state index contributed by atoms with van der Waals surface area (Å²) < 4.78 is 52.2. The number of carboxylic acid groups (broad SMARTS) is 1. The van der Waals surface area contributed by atoms with Gasteiger partial charge in [-0.15, -0.1) is 0 Å². The van der Waals surface area contributed by atoms with Crippen molar-refractivity contribution in [1.82, 2.24) is 14.9 Å². The van der Waals surface area contributed by atoms with E-state index in [4.69, 9.17) is 9.90 Å². The molecule has 0 spiro atoms. The van der Waals surface area contributed by atoms with Gasteiger partial charge in [-0.2, -0.15) is 13.2 Å². The van der Waals surface area contributed by atoms with Crippen molar-refractivity contribution in [3.05, 3.63) is 41.5 Å². The van der Waals surface area contributed by atoms with E-state index in [1.807, 2.05) is 0 Å². The van der Waals surface area contributed by atoms with Crippen LogP contribution in [0.4, 0.5) is 23.5 Å². The lowest BCUT2D eigenvalue weighted by atomic mass is 10.0. The van der Waals surface area contributed by atoms with Crippen LogP contribution in [0.1, 0.15) is 17.7 Å². The van der Waals surface area contributed by atoms with Gasteiger partial charge in [0, 0.05) is 30.4 Å². The molecule has 1 fully saturated rings. The number of halogens is 4. The molecule has 1 aromatic carbocycles. The average molecular weight is 414 g/mol. The van der Waals surface area contributed by atoms with Crippen molar-refractivity contribution < 1.29 is 27.5 Å². The molecule has 2 heterocycles. The van der Waals surface area contributed by atoms with Gasteiger partial charge >= 0.3 is 6.18 Å². The van der Waals surface area contributed by atoms with E-state index < -0.39 is 17.6 Å². The molecular weight excluding hydrogens is 392 g/mol. The summed E-state index contributed by atoms with van der Waals surface area (Å²) in [6, 6.07) is 2.48. The van der Waals surface area contributed by atoms with Gasteiger partial charge in [0.15, 0.2) is 0 Å². The predicted molar refractivity (Wildman–Crippen MR) is 100.0 cm³/mol. The summed E-state index contributed by atoms with van der Waals surface area (Å²) >= 11 is 0. The number of likely N-dealkylation sites (tertiary alicyclic amines) is 1. The Balaban J connectivity index is 0.000000941. The summed E-state index contributed by atoms with van der Waals surface area (Å²) in [5.41, 5.74) is -0.0799. The van der Waals surface area contributed by atoms with Gasteiger partial charge < -0.3 is 15.3 Å². The maximum atomic E-state index is 14.2. The molecule has 2 aromatic rings. The molecule has 1 unspecified atom stereocenters. The first kappa shape index (κ1) is 22.5. The highest BCUT2D eigenvalue weighted by Crippen LogP contribution is 2.33. The van der Waals surface area contributed by atoms with Gasteiger partial charge in [-0.05, 0) is 45.0 Å². The topological polar surface area (TPSA) is 78.4 Å². The SMILES string of the molecule is Cc1nc(NCC2CCN(C)C2)ncc1-c1ccc(C(F)(F)F)cc1F.O=CO. The van der Waals surface area contributed by atoms with Crippen LogP contribution >= 0.6 is 0 Å². The summed E-state index contributed by atoms with van der Waals surface area (Å²) in [7, 11) is 2.08. The molecule has 1 saturated heterocycles. The van der Waals surface area contributed by atoms with Crippen LogP contribution in [0.25, 0.3) is 11.1 Å². The first-order valence-electron chi connectivity index (χ1n) is 8.86. The molecule has 6 nitrogen and oxygen atoms in total.